The van der Waals surface area contributed by atoms with E-state index < -0.39 is 12.2 Å². The first-order valence-electron chi connectivity index (χ1n) is 4.10. The number of anilines is 1. The summed E-state index contributed by atoms with van der Waals surface area (Å²) in [5.74, 6) is -0.549. The molecule has 0 aliphatic carbocycles. The van der Waals surface area contributed by atoms with Crippen molar-refractivity contribution in [2.75, 3.05) is 26.5 Å². The van der Waals surface area contributed by atoms with Gasteiger partial charge in [0.05, 0.1) is 6.54 Å². The van der Waals surface area contributed by atoms with Crippen molar-refractivity contribution in [1.82, 2.24) is 15.6 Å². The second-order valence-electron chi connectivity index (χ2n) is 2.61. The van der Waals surface area contributed by atoms with E-state index in [9.17, 15) is 4.79 Å². The third-order valence-electron chi connectivity index (χ3n) is 1.68. The fourth-order valence-corrected chi connectivity index (χ4v) is 0.876. The second kappa shape index (κ2) is 5.27. The smallest absolute Gasteiger partial charge is 0.277 e. The summed E-state index contributed by atoms with van der Waals surface area (Å²) in [6.07, 6.45) is -0.518. The van der Waals surface area contributed by atoms with Crippen LogP contribution in [0.1, 0.15) is 10.5 Å². The largest absolute Gasteiger partial charge is 0.379 e. The van der Waals surface area contributed by atoms with E-state index >= 15 is 0 Å². The Labute approximate surface area is 85.7 Å². The number of aromatic nitrogens is 2. The standard InChI is InChI=1S/C7H12N4O4/c1-13-4(14-2)3-9-7(12)5-6(8)11-15-10-5/h4H,3H2,1-2H3,(H2,8,11)(H,9,12). The number of nitrogens with two attached hydrogens (primary N) is 1. The Bertz CT molecular complexity index is 323. The fourth-order valence-electron chi connectivity index (χ4n) is 0.876. The van der Waals surface area contributed by atoms with Crippen molar-refractivity contribution >= 4 is 11.7 Å². The first-order chi connectivity index (χ1) is 7.19. The van der Waals surface area contributed by atoms with Crippen LogP contribution in [0, 0.1) is 0 Å². The molecule has 84 valence electrons. The summed E-state index contributed by atoms with van der Waals surface area (Å²) in [6.45, 7) is 0.179. The van der Waals surface area contributed by atoms with Crippen molar-refractivity contribution in [2.24, 2.45) is 0 Å². The molecule has 0 saturated heterocycles. The molecule has 15 heavy (non-hydrogen) atoms. The monoisotopic (exact) mass is 216 g/mol. The maximum atomic E-state index is 11.4. The third-order valence-corrected chi connectivity index (χ3v) is 1.68. The second-order valence-corrected chi connectivity index (χ2v) is 2.61. The lowest BCUT2D eigenvalue weighted by Crippen LogP contribution is -2.34. The number of hydrogen-bond acceptors (Lipinski definition) is 7. The minimum Gasteiger partial charge on any atom is -0.379 e. The number of amides is 1. The molecule has 1 amide bonds. The van der Waals surface area contributed by atoms with Crippen LogP contribution in [0.2, 0.25) is 0 Å². The van der Waals surface area contributed by atoms with E-state index in [4.69, 9.17) is 15.2 Å². The van der Waals surface area contributed by atoms with Crippen LogP contribution in [0.15, 0.2) is 4.63 Å². The van der Waals surface area contributed by atoms with Gasteiger partial charge in [0, 0.05) is 14.2 Å². The lowest BCUT2D eigenvalue weighted by Gasteiger charge is -2.13. The third kappa shape index (κ3) is 2.89. The Balaban J connectivity index is 2.47. The van der Waals surface area contributed by atoms with Gasteiger partial charge in [-0.2, -0.15) is 0 Å². The van der Waals surface area contributed by atoms with Crippen LogP contribution in [-0.2, 0) is 9.47 Å². The summed E-state index contributed by atoms with van der Waals surface area (Å²) in [5.41, 5.74) is 5.27. The molecule has 0 saturated carbocycles. The van der Waals surface area contributed by atoms with Crippen LogP contribution in [0.5, 0.6) is 0 Å². The highest BCUT2D eigenvalue weighted by Crippen LogP contribution is 2.03. The van der Waals surface area contributed by atoms with Gasteiger partial charge < -0.3 is 20.5 Å². The molecule has 0 aliphatic heterocycles. The summed E-state index contributed by atoms with van der Waals surface area (Å²) < 4.78 is 14.0. The molecular formula is C7H12N4O4. The Morgan fingerprint density at radius 2 is 2.20 bits per heavy atom. The van der Waals surface area contributed by atoms with E-state index in [0.29, 0.717) is 0 Å². The molecule has 8 heteroatoms. The quantitative estimate of drug-likeness (QED) is 0.607. The number of nitrogens with zero attached hydrogens (tertiary/aromatic N) is 2. The number of ether oxygens (including phenoxy) is 2. The summed E-state index contributed by atoms with van der Waals surface area (Å²) in [4.78, 5) is 11.4. The predicted molar refractivity (Wildman–Crippen MR) is 48.8 cm³/mol. The van der Waals surface area contributed by atoms with Gasteiger partial charge in [0.25, 0.3) is 5.91 Å². The molecule has 0 unspecified atom stereocenters. The summed E-state index contributed by atoms with van der Waals surface area (Å²) in [6, 6.07) is 0. The zero-order chi connectivity index (χ0) is 11.3. The Kier molecular flexibility index (Phi) is 4.01. The molecule has 1 aromatic rings. The average Bonchev–Trinajstić information content (AvgIpc) is 2.66. The molecule has 1 rings (SSSR count). The van der Waals surface area contributed by atoms with Crippen molar-refractivity contribution in [1.29, 1.82) is 0 Å². The molecule has 0 aliphatic rings. The topological polar surface area (TPSA) is 112 Å². The molecule has 0 aromatic carbocycles. The Morgan fingerprint density at radius 3 is 2.67 bits per heavy atom. The number of carbonyl (C=O) groups is 1. The molecule has 0 atom stereocenters. The van der Waals surface area contributed by atoms with E-state index in [1.807, 2.05) is 0 Å². The number of nitrogen functional groups attached to an aromatic ring is 1. The lowest BCUT2D eigenvalue weighted by molar-refractivity contribution is -0.0974. The van der Waals surface area contributed by atoms with Gasteiger partial charge in [0.15, 0.2) is 6.29 Å². The van der Waals surface area contributed by atoms with Gasteiger partial charge in [-0.25, -0.2) is 4.63 Å². The number of hydrogen-bond donors (Lipinski definition) is 2. The van der Waals surface area contributed by atoms with Crippen LogP contribution in [0.4, 0.5) is 5.82 Å². The van der Waals surface area contributed by atoms with E-state index in [-0.39, 0.29) is 18.1 Å². The highest BCUT2D eigenvalue weighted by atomic mass is 16.7. The zero-order valence-electron chi connectivity index (χ0n) is 8.39. The molecular weight excluding hydrogens is 204 g/mol. The number of methoxy groups -OCH3 is 2. The summed E-state index contributed by atoms with van der Waals surface area (Å²) >= 11 is 0. The fraction of sp³-hybridized carbons (Fsp3) is 0.571. The van der Waals surface area contributed by atoms with Crippen LogP contribution >= 0.6 is 0 Å². The van der Waals surface area contributed by atoms with Gasteiger partial charge in [-0.1, -0.05) is 0 Å². The van der Waals surface area contributed by atoms with Crippen LogP contribution in [-0.4, -0.2) is 43.3 Å². The van der Waals surface area contributed by atoms with Gasteiger partial charge >= 0.3 is 0 Å². The minimum atomic E-state index is -0.518. The van der Waals surface area contributed by atoms with E-state index in [2.05, 4.69) is 20.3 Å². The van der Waals surface area contributed by atoms with Gasteiger partial charge in [-0.15, -0.1) is 0 Å². The lowest BCUT2D eigenvalue weighted by atomic mass is 10.4. The van der Waals surface area contributed by atoms with Crippen molar-refractivity contribution in [3.8, 4) is 0 Å². The van der Waals surface area contributed by atoms with Crippen molar-refractivity contribution in [3.63, 3.8) is 0 Å². The van der Waals surface area contributed by atoms with Crippen LogP contribution < -0.4 is 11.1 Å². The maximum absolute atomic E-state index is 11.4. The summed E-state index contributed by atoms with van der Waals surface area (Å²) in [5, 5.41) is 9.11. The van der Waals surface area contributed by atoms with Crippen LogP contribution in [0.25, 0.3) is 0 Å². The van der Waals surface area contributed by atoms with Gasteiger partial charge in [-0.3, -0.25) is 4.79 Å². The highest BCUT2D eigenvalue weighted by molar-refractivity contribution is 5.95. The maximum Gasteiger partial charge on any atom is 0.277 e. The number of carbonyl (C=O) groups excluding carboxylic acids is 1. The highest BCUT2D eigenvalue weighted by Gasteiger charge is 2.16. The molecule has 8 nitrogen and oxygen atoms in total. The normalized spacial score (nSPS) is 10.6. The molecule has 0 bridgehead atoms. The molecule has 0 fully saturated rings. The van der Waals surface area contributed by atoms with Crippen LogP contribution in [0.3, 0.4) is 0 Å². The first-order valence-corrected chi connectivity index (χ1v) is 4.10. The van der Waals surface area contributed by atoms with E-state index in [1.54, 1.807) is 0 Å². The molecule has 1 heterocycles. The molecule has 0 spiro atoms. The predicted octanol–water partition coefficient (Wildman–Crippen LogP) is -0.999. The van der Waals surface area contributed by atoms with Gasteiger partial charge in [-0.05, 0) is 10.3 Å². The summed E-state index contributed by atoms with van der Waals surface area (Å²) in [7, 11) is 2.93. The van der Waals surface area contributed by atoms with Gasteiger partial charge in [0.1, 0.15) is 0 Å². The molecule has 3 N–H and O–H groups in total. The van der Waals surface area contributed by atoms with Crippen molar-refractivity contribution < 1.29 is 18.9 Å². The minimum absolute atomic E-state index is 0.0547. The zero-order valence-corrected chi connectivity index (χ0v) is 8.39. The molecule has 1 aromatic heterocycles. The molecule has 0 radical (unpaired) electrons. The SMILES string of the molecule is COC(CNC(=O)c1nonc1N)OC. The number of rotatable bonds is 5. The van der Waals surface area contributed by atoms with E-state index in [1.165, 1.54) is 14.2 Å². The van der Waals surface area contributed by atoms with Gasteiger partial charge in [0.2, 0.25) is 11.5 Å². The Hall–Kier alpha value is -1.67. The number of nitrogens with one attached hydrogen (secondary N) is 1. The Morgan fingerprint density at radius 1 is 1.53 bits per heavy atom. The van der Waals surface area contributed by atoms with Crippen molar-refractivity contribution in [3.05, 3.63) is 5.69 Å². The average molecular weight is 216 g/mol. The first kappa shape index (κ1) is 11.4. The van der Waals surface area contributed by atoms with Crippen molar-refractivity contribution in [2.45, 2.75) is 6.29 Å². The van der Waals surface area contributed by atoms with E-state index in [0.717, 1.165) is 0 Å².